The Morgan fingerprint density at radius 1 is 1.37 bits per heavy atom. The van der Waals surface area contributed by atoms with Crippen LogP contribution in [0.2, 0.25) is 0 Å². The summed E-state index contributed by atoms with van der Waals surface area (Å²) in [6.07, 6.45) is 10.1. The van der Waals surface area contributed by atoms with Gasteiger partial charge in [0.15, 0.2) is 0 Å². The van der Waals surface area contributed by atoms with Crippen LogP contribution in [0, 0.1) is 17.3 Å². The van der Waals surface area contributed by atoms with Crippen LogP contribution in [0.25, 0.3) is 0 Å². The molecule has 0 bridgehead atoms. The normalized spacial score (nSPS) is 27.7. The molecule has 0 unspecified atom stereocenters. The minimum absolute atomic E-state index is 0.299. The van der Waals surface area contributed by atoms with Gasteiger partial charge < -0.3 is 5.73 Å². The Morgan fingerprint density at radius 2 is 2.05 bits per heavy atom. The van der Waals surface area contributed by atoms with Crippen molar-refractivity contribution < 1.29 is 0 Å². The molecule has 1 aliphatic carbocycles. The van der Waals surface area contributed by atoms with Gasteiger partial charge in [-0.3, -0.25) is 4.98 Å². The van der Waals surface area contributed by atoms with E-state index in [2.05, 4.69) is 40.8 Å². The lowest BCUT2D eigenvalue weighted by Gasteiger charge is -2.41. The summed E-state index contributed by atoms with van der Waals surface area (Å²) in [5, 5.41) is 0. The van der Waals surface area contributed by atoms with Gasteiger partial charge in [0.05, 0.1) is 0 Å². The van der Waals surface area contributed by atoms with E-state index >= 15 is 0 Å². The van der Waals surface area contributed by atoms with Crippen molar-refractivity contribution in [3.8, 4) is 0 Å². The molecule has 2 N–H and O–H groups in total. The molecule has 3 heteroatoms. The fourth-order valence-electron chi connectivity index (χ4n) is 3.36. The van der Waals surface area contributed by atoms with Crippen LogP contribution in [-0.2, 0) is 6.42 Å². The number of nitrogens with zero attached hydrogens (tertiary/aromatic N) is 1. The lowest BCUT2D eigenvalue weighted by atomic mass is 9.65. The molecule has 2 rings (SSSR count). The largest absolute Gasteiger partial charge is 0.330 e. The fourth-order valence-corrected chi connectivity index (χ4v) is 3.77. The molecule has 1 aromatic rings. The monoisotopic (exact) mass is 324 g/mol. The molecule has 1 heterocycles. The predicted molar refractivity (Wildman–Crippen MR) is 83.9 cm³/mol. The van der Waals surface area contributed by atoms with Gasteiger partial charge in [-0.05, 0) is 83.5 Å². The second-order valence-corrected chi connectivity index (χ2v) is 7.39. The van der Waals surface area contributed by atoms with Crippen LogP contribution in [0.1, 0.15) is 45.1 Å². The van der Waals surface area contributed by atoms with Crippen molar-refractivity contribution in [2.24, 2.45) is 23.0 Å². The zero-order valence-corrected chi connectivity index (χ0v) is 13.6. The van der Waals surface area contributed by atoms with Gasteiger partial charge >= 0.3 is 0 Å². The lowest BCUT2D eigenvalue weighted by Crippen LogP contribution is -2.37. The minimum Gasteiger partial charge on any atom is -0.330 e. The maximum absolute atomic E-state index is 6.11. The highest BCUT2D eigenvalue weighted by Crippen LogP contribution is 2.43. The van der Waals surface area contributed by atoms with E-state index in [1.807, 2.05) is 12.4 Å². The first kappa shape index (κ1) is 15.0. The molecule has 2 nitrogen and oxygen atoms in total. The summed E-state index contributed by atoms with van der Waals surface area (Å²) >= 11 is 3.50. The molecule has 0 aromatic carbocycles. The second kappa shape index (κ2) is 6.36. The van der Waals surface area contributed by atoms with Crippen molar-refractivity contribution >= 4 is 15.9 Å². The third kappa shape index (κ3) is 3.79. The molecule has 1 aromatic heterocycles. The van der Waals surface area contributed by atoms with Crippen molar-refractivity contribution in [2.75, 3.05) is 6.54 Å². The number of halogens is 1. The number of hydrogen-bond donors (Lipinski definition) is 1. The van der Waals surface area contributed by atoms with Gasteiger partial charge in [-0.2, -0.15) is 0 Å². The van der Waals surface area contributed by atoms with E-state index < -0.39 is 0 Å². The van der Waals surface area contributed by atoms with Gasteiger partial charge in [0.25, 0.3) is 0 Å². The first-order valence-electron chi connectivity index (χ1n) is 7.34. The molecule has 19 heavy (non-hydrogen) atoms. The van der Waals surface area contributed by atoms with Crippen molar-refractivity contribution in [3.63, 3.8) is 0 Å². The Hall–Kier alpha value is -0.410. The first-order chi connectivity index (χ1) is 9.04. The van der Waals surface area contributed by atoms with E-state index in [1.54, 1.807) is 0 Å². The second-order valence-electron chi connectivity index (χ2n) is 6.47. The van der Waals surface area contributed by atoms with Crippen LogP contribution in [0.15, 0.2) is 22.9 Å². The summed E-state index contributed by atoms with van der Waals surface area (Å²) in [6, 6.07) is 2.18. The van der Waals surface area contributed by atoms with Crippen LogP contribution in [0.4, 0.5) is 0 Å². The van der Waals surface area contributed by atoms with Gasteiger partial charge in [-0.1, -0.05) is 13.8 Å². The fraction of sp³-hybridized carbons (Fsp3) is 0.688. The highest BCUT2D eigenvalue weighted by atomic mass is 79.9. The number of nitrogens with two attached hydrogens (primary N) is 1. The zero-order valence-electron chi connectivity index (χ0n) is 12.0. The molecule has 1 fully saturated rings. The van der Waals surface area contributed by atoms with Crippen molar-refractivity contribution in [1.29, 1.82) is 0 Å². The van der Waals surface area contributed by atoms with Gasteiger partial charge in [0, 0.05) is 16.9 Å². The minimum atomic E-state index is 0.299. The number of pyridine rings is 1. The van der Waals surface area contributed by atoms with E-state index in [0.717, 1.165) is 29.3 Å². The van der Waals surface area contributed by atoms with Crippen LogP contribution in [0.5, 0.6) is 0 Å². The van der Waals surface area contributed by atoms with Gasteiger partial charge in [-0.15, -0.1) is 0 Å². The summed E-state index contributed by atoms with van der Waals surface area (Å²) in [5.41, 5.74) is 7.72. The Kier molecular flexibility index (Phi) is 5.02. The average Bonchev–Trinajstić information content (AvgIpc) is 2.39. The average molecular weight is 325 g/mol. The third-order valence-corrected chi connectivity index (χ3v) is 5.24. The summed E-state index contributed by atoms with van der Waals surface area (Å²) in [4.78, 5) is 4.27. The van der Waals surface area contributed by atoms with Gasteiger partial charge in [0.1, 0.15) is 0 Å². The molecule has 0 radical (unpaired) electrons. The highest BCUT2D eigenvalue weighted by molar-refractivity contribution is 9.10. The smallest absolute Gasteiger partial charge is 0.0410 e. The SMILES string of the molecule is CC(C)C1CCC(CN)(Cc2cncc(Br)c2)CC1. The maximum Gasteiger partial charge on any atom is 0.0410 e. The van der Waals surface area contributed by atoms with E-state index in [4.69, 9.17) is 5.73 Å². The summed E-state index contributed by atoms with van der Waals surface area (Å²) in [5.74, 6) is 1.70. The summed E-state index contributed by atoms with van der Waals surface area (Å²) in [7, 11) is 0. The number of hydrogen-bond acceptors (Lipinski definition) is 2. The van der Waals surface area contributed by atoms with Crippen molar-refractivity contribution in [1.82, 2.24) is 4.98 Å². The Balaban J connectivity index is 2.04. The molecule has 0 amide bonds. The molecule has 106 valence electrons. The van der Waals surface area contributed by atoms with E-state index in [-0.39, 0.29) is 0 Å². The predicted octanol–water partition coefficient (Wildman–Crippen LogP) is 4.18. The molecule has 0 saturated heterocycles. The van der Waals surface area contributed by atoms with Crippen LogP contribution in [-0.4, -0.2) is 11.5 Å². The molecule has 0 aliphatic heterocycles. The molecule has 1 aliphatic rings. The number of rotatable bonds is 4. The standard InChI is InChI=1S/C16H25BrN2/c1-12(2)14-3-5-16(11-18,6-4-14)8-13-7-15(17)10-19-9-13/h7,9-10,12,14H,3-6,8,11,18H2,1-2H3. The van der Waals surface area contributed by atoms with E-state index in [1.165, 1.54) is 31.2 Å². The maximum atomic E-state index is 6.11. The van der Waals surface area contributed by atoms with Crippen molar-refractivity contribution in [3.05, 3.63) is 28.5 Å². The Labute approximate surface area is 125 Å². The lowest BCUT2D eigenvalue weighted by molar-refractivity contribution is 0.132. The Bertz CT molecular complexity index is 409. The topological polar surface area (TPSA) is 38.9 Å². The molecular formula is C16H25BrN2. The quantitative estimate of drug-likeness (QED) is 0.902. The zero-order chi connectivity index (χ0) is 13.9. The van der Waals surface area contributed by atoms with Gasteiger partial charge in [0.2, 0.25) is 0 Å². The summed E-state index contributed by atoms with van der Waals surface area (Å²) in [6.45, 7) is 5.49. The summed E-state index contributed by atoms with van der Waals surface area (Å²) < 4.78 is 1.06. The van der Waals surface area contributed by atoms with Gasteiger partial charge in [-0.25, -0.2) is 0 Å². The van der Waals surface area contributed by atoms with Crippen LogP contribution < -0.4 is 5.73 Å². The highest BCUT2D eigenvalue weighted by Gasteiger charge is 2.35. The van der Waals surface area contributed by atoms with Crippen molar-refractivity contribution in [2.45, 2.75) is 46.0 Å². The first-order valence-corrected chi connectivity index (χ1v) is 8.13. The molecule has 0 spiro atoms. The van der Waals surface area contributed by atoms with E-state index in [9.17, 15) is 0 Å². The Morgan fingerprint density at radius 3 is 2.58 bits per heavy atom. The molecule has 0 atom stereocenters. The van der Waals surface area contributed by atoms with Crippen LogP contribution >= 0.6 is 15.9 Å². The number of aromatic nitrogens is 1. The van der Waals surface area contributed by atoms with Crippen LogP contribution in [0.3, 0.4) is 0 Å². The molecular weight excluding hydrogens is 300 g/mol. The molecule has 1 saturated carbocycles. The van der Waals surface area contributed by atoms with E-state index in [0.29, 0.717) is 5.41 Å². The third-order valence-electron chi connectivity index (χ3n) is 4.81.